The molecule has 0 fully saturated rings. The van der Waals surface area contributed by atoms with Gasteiger partial charge in [0.25, 0.3) is 0 Å². The molecule has 0 bridgehead atoms. The molecule has 1 aromatic heterocycles. The molecule has 14 heavy (non-hydrogen) atoms. The maximum Gasteiger partial charge on any atom is 0.0952 e. The molecule has 1 aromatic rings. The lowest BCUT2D eigenvalue weighted by atomic mass is 10.3. The van der Waals surface area contributed by atoms with Crippen LogP contribution in [0.4, 0.5) is 0 Å². The Hall–Kier alpha value is -0.870. The fourth-order valence-corrected chi connectivity index (χ4v) is 1.86. The second kappa shape index (κ2) is 4.11. The van der Waals surface area contributed by atoms with Crippen molar-refractivity contribution in [2.75, 3.05) is 20.6 Å². The molecule has 0 unspecified atom stereocenters. The Kier molecular flexibility index (Phi) is 2.84. The van der Waals surface area contributed by atoms with Gasteiger partial charge in [-0.25, -0.2) is 4.98 Å². The van der Waals surface area contributed by atoms with Crippen LogP contribution < -0.4 is 5.32 Å². The highest BCUT2D eigenvalue weighted by molar-refractivity contribution is 5.13. The summed E-state index contributed by atoms with van der Waals surface area (Å²) in [5.41, 5.74) is 2.57. The van der Waals surface area contributed by atoms with Crippen LogP contribution in [0.15, 0.2) is 6.33 Å². The quantitative estimate of drug-likeness (QED) is 0.741. The topological polar surface area (TPSA) is 33.1 Å². The van der Waals surface area contributed by atoms with Crippen LogP contribution in [0.2, 0.25) is 0 Å². The maximum atomic E-state index is 4.46. The van der Waals surface area contributed by atoms with E-state index in [-0.39, 0.29) is 0 Å². The number of aryl methyl sites for hydroxylation is 1. The van der Waals surface area contributed by atoms with Gasteiger partial charge in [-0.15, -0.1) is 0 Å². The molecule has 2 heterocycles. The Morgan fingerprint density at radius 3 is 3.21 bits per heavy atom. The molecular weight excluding hydrogens is 176 g/mol. The van der Waals surface area contributed by atoms with E-state index in [9.17, 15) is 0 Å². The van der Waals surface area contributed by atoms with Crippen LogP contribution >= 0.6 is 0 Å². The molecular formula is C10H18N4. The van der Waals surface area contributed by atoms with E-state index < -0.39 is 0 Å². The van der Waals surface area contributed by atoms with Crippen molar-refractivity contribution in [1.82, 2.24) is 19.8 Å². The Bertz CT molecular complexity index is 303. The molecule has 0 aromatic carbocycles. The number of nitrogens with one attached hydrogen (secondary N) is 1. The van der Waals surface area contributed by atoms with Crippen LogP contribution in [-0.4, -0.2) is 35.1 Å². The van der Waals surface area contributed by atoms with Crippen molar-refractivity contribution in [3.63, 3.8) is 0 Å². The highest BCUT2D eigenvalue weighted by Gasteiger charge is 2.13. The first-order valence-electron chi connectivity index (χ1n) is 5.15. The van der Waals surface area contributed by atoms with Crippen LogP contribution in [-0.2, 0) is 19.6 Å². The number of rotatable bonds is 2. The lowest BCUT2D eigenvalue weighted by molar-refractivity contribution is 0.395. The first kappa shape index (κ1) is 9.68. The monoisotopic (exact) mass is 194 g/mol. The van der Waals surface area contributed by atoms with Crippen LogP contribution in [0, 0.1) is 0 Å². The van der Waals surface area contributed by atoms with Crippen LogP contribution in [0.5, 0.6) is 0 Å². The van der Waals surface area contributed by atoms with Gasteiger partial charge in [0.15, 0.2) is 0 Å². The van der Waals surface area contributed by atoms with Crippen molar-refractivity contribution in [2.45, 2.75) is 26.1 Å². The van der Waals surface area contributed by atoms with E-state index in [2.05, 4.69) is 33.9 Å². The third kappa shape index (κ3) is 1.96. The Morgan fingerprint density at radius 1 is 1.57 bits per heavy atom. The van der Waals surface area contributed by atoms with Gasteiger partial charge in [0, 0.05) is 19.6 Å². The maximum absolute atomic E-state index is 4.46. The summed E-state index contributed by atoms with van der Waals surface area (Å²) in [6.45, 7) is 4.11. The van der Waals surface area contributed by atoms with Crippen molar-refractivity contribution in [3.05, 3.63) is 17.7 Å². The van der Waals surface area contributed by atoms with E-state index in [0.717, 1.165) is 26.2 Å². The zero-order chi connectivity index (χ0) is 9.97. The van der Waals surface area contributed by atoms with E-state index in [1.807, 2.05) is 6.33 Å². The van der Waals surface area contributed by atoms with Gasteiger partial charge in [0.1, 0.15) is 0 Å². The highest BCUT2D eigenvalue weighted by atomic mass is 15.1. The third-order valence-electron chi connectivity index (χ3n) is 2.54. The van der Waals surface area contributed by atoms with Gasteiger partial charge < -0.3 is 14.8 Å². The minimum absolute atomic E-state index is 0.935. The van der Waals surface area contributed by atoms with Gasteiger partial charge in [-0.1, -0.05) is 0 Å². The predicted molar refractivity (Wildman–Crippen MR) is 55.9 cm³/mol. The summed E-state index contributed by atoms with van der Waals surface area (Å²) in [5.74, 6) is 0. The number of imidazole rings is 1. The molecule has 78 valence electrons. The van der Waals surface area contributed by atoms with Crippen molar-refractivity contribution in [1.29, 1.82) is 0 Å². The summed E-state index contributed by atoms with van der Waals surface area (Å²) in [7, 11) is 4.16. The third-order valence-corrected chi connectivity index (χ3v) is 2.54. The molecule has 0 atom stereocenters. The Morgan fingerprint density at radius 2 is 2.43 bits per heavy atom. The van der Waals surface area contributed by atoms with Gasteiger partial charge in [-0.2, -0.15) is 0 Å². The number of nitrogens with zero attached hydrogens (tertiary/aromatic N) is 3. The molecule has 2 rings (SSSR count). The molecule has 0 spiro atoms. The van der Waals surface area contributed by atoms with Gasteiger partial charge in [0.2, 0.25) is 0 Å². The summed E-state index contributed by atoms with van der Waals surface area (Å²) in [6, 6.07) is 0. The predicted octanol–water partition coefficient (Wildman–Crippen LogP) is 0.438. The second-order valence-corrected chi connectivity index (χ2v) is 4.10. The lowest BCUT2D eigenvalue weighted by Crippen LogP contribution is -2.17. The van der Waals surface area contributed by atoms with Crippen LogP contribution in [0.1, 0.15) is 17.8 Å². The van der Waals surface area contributed by atoms with Crippen LogP contribution in [0.25, 0.3) is 0 Å². The molecule has 0 saturated carbocycles. The smallest absolute Gasteiger partial charge is 0.0952 e. The zero-order valence-electron chi connectivity index (χ0n) is 8.95. The average Bonchev–Trinajstić information content (AvgIpc) is 2.37. The first-order valence-corrected chi connectivity index (χ1v) is 5.15. The summed E-state index contributed by atoms with van der Waals surface area (Å²) >= 11 is 0. The molecule has 0 saturated heterocycles. The van der Waals surface area contributed by atoms with E-state index in [0.29, 0.717) is 0 Å². The fraction of sp³-hybridized carbons (Fsp3) is 0.700. The van der Waals surface area contributed by atoms with E-state index in [1.54, 1.807) is 0 Å². The molecule has 1 N–H and O–H groups in total. The zero-order valence-corrected chi connectivity index (χ0v) is 8.95. The highest BCUT2D eigenvalue weighted by Crippen LogP contribution is 2.12. The minimum atomic E-state index is 0.935. The van der Waals surface area contributed by atoms with Crippen molar-refractivity contribution < 1.29 is 0 Å². The van der Waals surface area contributed by atoms with E-state index >= 15 is 0 Å². The van der Waals surface area contributed by atoms with Gasteiger partial charge in [-0.3, -0.25) is 0 Å². The van der Waals surface area contributed by atoms with Gasteiger partial charge in [0.05, 0.1) is 17.7 Å². The summed E-state index contributed by atoms with van der Waals surface area (Å²) in [5, 5.41) is 3.42. The molecule has 4 heteroatoms. The molecule has 0 amide bonds. The number of fused-ring (bicyclic) bond motifs is 1. The Labute approximate surface area is 84.9 Å². The molecule has 0 radical (unpaired) electrons. The fourth-order valence-electron chi connectivity index (χ4n) is 1.86. The molecule has 0 aliphatic carbocycles. The van der Waals surface area contributed by atoms with Crippen LogP contribution in [0.3, 0.4) is 0 Å². The van der Waals surface area contributed by atoms with Gasteiger partial charge >= 0.3 is 0 Å². The number of hydrogen-bond acceptors (Lipinski definition) is 3. The van der Waals surface area contributed by atoms with E-state index in [1.165, 1.54) is 17.8 Å². The summed E-state index contributed by atoms with van der Waals surface area (Å²) in [6.07, 6.45) is 3.17. The van der Waals surface area contributed by atoms with Crippen molar-refractivity contribution in [2.24, 2.45) is 0 Å². The molecule has 1 aliphatic rings. The number of aromatic nitrogens is 2. The molecule has 4 nitrogen and oxygen atoms in total. The normalized spacial score (nSPS) is 16.8. The Balaban J connectivity index is 2.20. The second-order valence-electron chi connectivity index (χ2n) is 4.10. The summed E-state index contributed by atoms with van der Waals surface area (Å²) in [4.78, 5) is 6.62. The lowest BCUT2D eigenvalue weighted by Gasteiger charge is -2.10. The van der Waals surface area contributed by atoms with Crippen molar-refractivity contribution in [3.8, 4) is 0 Å². The summed E-state index contributed by atoms with van der Waals surface area (Å²) < 4.78 is 2.28. The van der Waals surface area contributed by atoms with Gasteiger partial charge in [-0.05, 0) is 27.1 Å². The number of hydrogen-bond donors (Lipinski definition) is 1. The average molecular weight is 194 g/mol. The SMILES string of the molecule is CN(C)Cc1ncn2c1CNCCC2. The minimum Gasteiger partial charge on any atom is -0.333 e. The first-order chi connectivity index (χ1) is 6.77. The largest absolute Gasteiger partial charge is 0.333 e. The molecule has 1 aliphatic heterocycles. The standard InChI is InChI=1S/C10H18N4/c1-13(2)7-9-10-6-11-4-3-5-14(10)8-12-9/h8,11H,3-7H2,1-2H3. The van der Waals surface area contributed by atoms with Crippen molar-refractivity contribution >= 4 is 0 Å². The van der Waals surface area contributed by atoms with E-state index in [4.69, 9.17) is 0 Å².